The average Bonchev–Trinajstić information content (AvgIpc) is 3.03. The van der Waals surface area contributed by atoms with Gasteiger partial charge in [-0.05, 0) is 11.5 Å². The number of hydrogen-bond donors (Lipinski definition) is 1. The van der Waals surface area contributed by atoms with E-state index >= 15 is 0 Å². The normalized spacial score (nSPS) is 27.9. The molecule has 24 heavy (non-hydrogen) atoms. The highest BCUT2D eigenvalue weighted by Crippen LogP contribution is 2.27. The summed E-state index contributed by atoms with van der Waals surface area (Å²) in [6.07, 6.45) is 0. The number of rotatable bonds is 4. The van der Waals surface area contributed by atoms with Crippen molar-refractivity contribution in [2.24, 2.45) is 17.6 Å². The Hall–Kier alpha value is -1.43. The van der Waals surface area contributed by atoms with Gasteiger partial charge in [0.05, 0.1) is 19.1 Å². The molecule has 0 saturated carbocycles. The molecule has 0 spiro atoms. The first-order chi connectivity index (χ1) is 11.6. The van der Waals surface area contributed by atoms with Gasteiger partial charge in [-0.1, -0.05) is 44.2 Å². The molecule has 1 aromatic rings. The summed E-state index contributed by atoms with van der Waals surface area (Å²) in [7, 11) is 0. The SMILES string of the molecule is CC1CN(C(=O)C(C)C(N)c2ccccc2)CC1N1CCOCC1. The van der Waals surface area contributed by atoms with Gasteiger partial charge in [0, 0.05) is 38.3 Å². The Labute approximate surface area is 144 Å². The van der Waals surface area contributed by atoms with E-state index in [0.29, 0.717) is 12.0 Å². The first-order valence-corrected chi connectivity index (χ1v) is 8.99. The van der Waals surface area contributed by atoms with Crippen LogP contribution in [-0.2, 0) is 9.53 Å². The van der Waals surface area contributed by atoms with Gasteiger partial charge in [0.25, 0.3) is 0 Å². The molecule has 2 N–H and O–H groups in total. The minimum absolute atomic E-state index is 0.175. The Kier molecular flexibility index (Phi) is 5.54. The Morgan fingerprint density at radius 2 is 1.88 bits per heavy atom. The Bertz CT molecular complexity index is 545. The van der Waals surface area contributed by atoms with Gasteiger partial charge in [-0.25, -0.2) is 0 Å². The molecule has 2 aliphatic rings. The quantitative estimate of drug-likeness (QED) is 0.908. The van der Waals surface area contributed by atoms with Gasteiger partial charge in [0.15, 0.2) is 0 Å². The first kappa shape index (κ1) is 17.4. The topological polar surface area (TPSA) is 58.8 Å². The predicted molar refractivity (Wildman–Crippen MR) is 94.5 cm³/mol. The monoisotopic (exact) mass is 331 g/mol. The largest absolute Gasteiger partial charge is 0.379 e. The second-order valence-electron chi connectivity index (χ2n) is 7.16. The van der Waals surface area contributed by atoms with Gasteiger partial charge >= 0.3 is 0 Å². The predicted octanol–water partition coefficient (Wildman–Crippen LogP) is 1.50. The molecule has 0 bridgehead atoms. The smallest absolute Gasteiger partial charge is 0.227 e. The van der Waals surface area contributed by atoms with E-state index in [2.05, 4.69) is 11.8 Å². The van der Waals surface area contributed by atoms with Gasteiger partial charge in [-0.15, -0.1) is 0 Å². The third-order valence-corrected chi connectivity index (χ3v) is 5.51. The number of likely N-dealkylation sites (tertiary alicyclic amines) is 1. The van der Waals surface area contributed by atoms with Crippen LogP contribution in [0.2, 0.25) is 0 Å². The lowest BCUT2D eigenvalue weighted by Gasteiger charge is -2.34. The van der Waals surface area contributed by atoms with E-state index in [-0.39, 0.29) is 17.9 Å². The molecule has 0 aromatic heterocycles. The van der Waals surface area contributed by atoms with Crippen molar-refractivity contribution in [1.82, 2.24) is 9.80 Å². The number of nitrogens with zero attached hydrogens (tertiary/aromatic N) is 2. The fourth-order valence-corrected chi connectivity index (χ4v) is 3.92. The number of carbonyl (C=O) groups is 1. The molecule has 1 aromatic carbocycles. The van der Waals surface area contributed by atoms with E-state index in [9.17, 15) is 4.79 Å². The number of carbonyl (C=O) groups excluding carboxylic acids is 1. The van der Waals surface area contributed by atoms with Crippen LogP contribution in [0.3, 0.4) is 0 Å². The fourth-order valence-electron chi connectivity index (χ4n) is 3.92. The molecular formula is C19H29N3O2. The second-order valence-corrected chi connectivity index (χ2v) is 7.16. The summed E-state index contributed by atoms with van der Waals surface area (Å²) in [5.74, 6) is 0.462. The molecule has 2 heterocycles. The van der Waals surface area contributed by atoms with E-state index in [1.54, 1.807) is 0 Å². The summed E-state index contributed by atoms with van der Waals surface area (Å²) in [4.78, 5) is 17.4. The summed E-state index contributed by atoms with van der Waals surface area (Å²) in [5, 5.41) is 0. The van der Waals surface area contributed by atoms with E-state index < -0.39 is 0 Å². The molecule has 132 valence electrons. The van der Waals surface area contributed by atoms with Gasteiger partial charge in [-0.2, -0.15) is 0 Å². The molecule has 4 unspecified atom stereocenters. The van der Waals surface area contributed by atoms with Crippen LogP contribution in [0.25, 0.3) is 0 Å². The number of hydrogen-bond acceptors (Lipinski definition) is 4. The molecular weight excluding hydrogens is 302 g/mol. The lowest BCUT2D eigenvalue weighted by Crippen LogP contribution is -2.47. The Balaban J connectivity index is 1.62. The van der Waals surface area contributed by atoms with Crippen LogP contribution in [-0.4, -0.2) is 61.1 Å². The second kappa shape index (κ2) is 7.64. The van der Waals surface area contributed by atoms with Crippen molar-refractivity contribution in [2.75, 3.05) is 39.4 Å². The van der Waals surface area contributed by atoms with Crippen LogP contribution in [0.4, 0.5) is 0 Å². The highest BCUT2D eigenvalue weighted by atomic mass is 16.5. The molecule has 2 saturated heterocycles. The van der Waals surface area contributed by atoms with Gasteiger partial charge in [0.1, 0.15) is 0 Å². The zero-order valence-corrected chi connectivity index (χ0v) is 14.7. The molecule has 3 rings (SSSR count). The standard InChI is InChI=1S/C19H29N3O2/c1-14-12-22(13-17(14)21-8-10-24-11-9-21)19(23)15(2)18(20)16-6-4-3-5-7-16/h3-7,14-15,17-18H,8-13,20H2,1-2H3. The zero-order valence-electron chi connectivity index (χ0n) is 14.7. The number of benzene rings is 1. The summed E-state index contributed by atoms with van der Waals surface area (Å²) >= 11 is 0. The minimum atomic E-state index is -0.253. The highest BCUT2D eigenvalue weighted by molar-refractivity contribution is 5.79. The van der Waals surface area contributed by atoms with Crippen molar-refractivity contribution in [1.29, 1.82) is 0 Å². The minimum Gasteiger partial charge on any atom is -0.379 e. The molecule has 0 aliphatic carbocycles. The average molecular weight is 331 g/mol. The van der Waals surface area contributed by atoms with Gasteiger partial charge in [0.2, 0.25) is 5.91 Å². The van der Waals surface area contributed by atoms with Crippen molar-refractivity contribution in [3.8, 4) is 0 Å². The maximum absolute atomic E-state index is 12.9. The summed E-state index contributed by atoms with van der Waals surface area (Å²) in [6, 6.07) is 10.1. The molecule has 2 aliphatic heterocycles. The van der Waals surface area contributed by atoms with Crippen molar-refractivity contribution in [3.63, 3.8) is 0 Å². The molecule has 5 heteroatoms. The first-order valence-electron chi connectivity index (χ1n) is 8.99. The van der Waals surface area contributed by atoms with E-state index in [0.717, 1.165) is 45.0 Å². The van der Waals surface area contributed by atoms with Crippen molar-refractivity contribution in [3.05, 3.63) is 35.9 Å². The number of morpholine rings is 1. The van der Waals surface area contributed by atoms with E-state index in [1.807, 2.05) is 42.2 Å². The lowest BCUT2D eigenvalue weighted by atomic mass is 9.94. The molecule has 2 fully saturated rings. The van der Waals surface area contributed by atoms with Crippen LogP contribution in [0, 0.1) is 11.8 Å². The number of nitrogens with two attached hydrogens (primary N) is 1. The lowest BCUT2D eigenvalue weighted by molar-refractivity contribution is -0.135. The molecule has 0 radical (unpaired) electrons. The maximum atomic E-state index is 12.9. The Morgan fingerprint density at radius 1 is 1.21 bits per heavy atom. The van der Waals surface area contributed by atoms with Crippen LogP contribution < -0.4 is 5.73 Å². The highest BCUT2D eigenvalue weighted by Gasteiger charge is 2.38. The van der Waals surface area contributed by atoms with Gasteiger partial charge < -0.3 is 15.4 Å². The van der Waals surface area contributed by atoms with Crippen molar-refractivity contribution >= 4 is 5.91 Å². The fraction of sp³-hybridized carbons (Fsp3) is 0.632. The molecule has 5 nitrogen and oxygen atoms in total. The summed E-state index contributed by atoms with van der Waals surface area (Å²) in [6.45, 7) is 9.37. The van der Waals surface area contributed by atoms with Crippen LogP contribution in [0.5, 0.6) is 0 Å². The third kappa shape index (κ3) is 3.63. The van der Waals surface area contributed by atoms with Crippen LogP contribution in [0.15, 0.2) is 30.3 Å². The maximum Gasteiger partial charge on any atom is 0.227 e. The summed E-state index contributed by atoms with van der Waals surface area (Å²) < 4.78 is 5.45. The van der Waals surface area contributed by atoms with Crippen LogP contribution >= 0.6 is 0 Å². The van der Waals surface area contributed by atoms with E-state index in [4.69, 9.17) is 10.5 Å². The number of amides is 1. The zero-order chi connectivity index (χ0) is 17.1. The molecule has 4 atom stereocenters. The van der Waals surface area contributed by atoms with E-state index in [1.165, 1.54) is 0 Å². The van der Waals surface area contributed by atoms with Crippen molar-refractivity contribution < 1.29 is 9.53 Å². The molecule has 1 amide bonds. The third-order valence-electron chi connectivity index (χ3n) is 5.51. The van der Waals surface area contributed by atoms with Crippen LogP contribution in [0.1, 0.15) is 25.5 Å². The summed E-state index contributed by atoms with van der Waals surface area (Å²) in [5.41, 5.74) is 7.37. The number of ether oxygens (including phenoxy) is 1. The Morgan fingerprint density at radius 3 is 2.54 bits per heavy atom. The van der Waals surface area contributed by atoms with Crippen molar-refractivity contribution in [2.45, 2.75) is 25.9 Å². The van der Waals surface area contributed by atoms with Gasteiger partial charge in [-0.3, -0.25) is 9.69 Å².